The predicted molar refractivity (Wildman–Crippen MR) is 69.1 cm³/mol. The molecule has 0 aliphatic heterocycles. The molecule has 0 spiro atoms. The van der Waals surface area contributed by atoms with Crippen molar-refractivity contribution in [3.8, 4) is 0 Å². The van der Waals surface area contributed by atoms with E-state index >= 15 is 0 Å². The molecule has 2 heteroatoms. The van der Waals surface area contributed by atoms with E-state index in [-0.39, 0.29) is 0 Å². The van der Waals surface area contributed by atoms with Crippen molar-refractivity contribution >= 4 is 18.4 Å². The highest BCUT2D eigenvalue weighted by atomic mass is 31.1. The lowest BCUT2D eigenvalue weighted by atomic mass is 10.2. The molecule has 0 bridgehead atoms. The summed E-state index contributed by atoms with van der Waals surface area (Å²) in [6, 6.07) is 17.6. The van der Waals surface area contributed by atoms with Crippen molar-refractivity contribution in [2.45, 2.75) is 13.3 Å². The highest BCUT2D eigenvalue weighted by Gasteiger charge is 2.06. The third-order valence-electron chi connectivity index (χ3n) is 2.57. The van der Waals surface area contributed by atoms with Gasteiger partial charge in [0.15, 0.2) is 0 Å². The van der Waals surface area contributed by atoms with E-state index < -0.39 is 7.80 Å². The molecule has 1 radical (unpaired) electrons. The fourth-order valence-electron chi connectivity index (χ4n) is 1.58. The number of rotatable bonds is 3. The summed E-state index contributed by atoms with van der Waals surface area (Å²) in [5.41, 5.74) is 1.28. The summed E-state index contributed by atoms with van der Waals surface area (Å²) in [6.07, 6.45) is 1.02. The minimum absolute atomic E-state index is 0.891. The first-order chi connectivity index (χ1) is 7.81. The summed E-state index contributed by atoms with van der Waals surface area (Å²) in [5.74, 6) is 0. The van der Waals surface area contributed by atoms with Crippen LogP contribution in [0.2, 0.25) is 0 Å². The number of hydrogen-bond acceptors (Lipinski definition) is 1. The van der Waals surface area contributed by atoms with Gasteiger partial charge in [-0.05, 0) is 36.2 Å². The Bertz CT molecular complexity index is 474. The number of benzene rings is 2. The molecule has 0 aliphatic carbocycles. The van der Waals surface area contributed by atoms with E-state index in [1.165, 1.54) is 5.56 Å². The highest BCUT2D eigenvalue weighted by molar-refractivity contribution is 7.61. The molecule has 81 valence electrons. The topological polar surface area (TPSA) is 17.1 Å². The van der Waals surface area contributed by atoms with Crippen molar-refractivity contribution in [1.29, 1.82) is 0 Å². The molecule has 2 rings (SSSR count). The van der Waals surface area contributed by atoms with Crippen molar-refractivity contribution in [2.75, 3.05) is 0 Å². The van der Waals surface area contributed by atoms with E-state index in [2.05, 4.69) is 6.92 Å². The molecule has 0 saturated carbocycles. The van der Waals surface area contributed by atoms with Gasteiger partial charge in [-0.25, -0.2) is 0 Å². The number of hydrogen-bond donors (Lipinski definition) is 0. The summed E-state index contributed by atoms with van der Waals surface area (Å²) >= 11 is 0. The van der Waals surface area contributed by atoms with Crippen LogP contribution in [-0.4, -0.2) is 0 Å². The average molecular weight is 229 g/mol. The molecule has 0 N–H and O–H groups in total. The van der Waals surface area contributed by atoms with Crippen LogP contribution < -0.4 is 10.6 Å². The third-order valence-corrected chi connectivity index (χ3v) is 4.10. The third kappa shape index (κ3) is 2.37. The van der Waals surface area contributed by atoms with E-state index in [0.29, 0.717) is 0 Å². The van der Waals surface area contributed by atoms with Crippen LogP contribution in [-0.2, 0) is 11.0 Å². The largest absolute Gasteiger partial charge is 0.277 e. The number of aryl methyl sites for hydroxylation is 1. The Morgan fingerprint density at radius 3 is 2.00 bits per heavy atom. The summed E-state index contributed by atoms with van der Waals surface area (Å²) in [6.45, 7) is 2.12. The van der Waals surface area contributed by atoms with Crippen LogP contribution in [0.25, 0.3) is 0 Å². The second-order valence-corrected chi connectivity index (χ2v) is 5.27. The molecule has 2 aromatic carbocycles. The monoisotopic (exact) mass is 229 g/mol. The van der Waals surface area contributed by atoms with Gasteiger partial charge >= 0.3 is 0 Å². The zero-order valence-electron chi connectivity index (χ0n) is 9.26. The molecule has 2 aromatic rings. The maximum Gasteiger partial charge on any atom is 0.136 e. The van der Waals surface area contributed by atoms with Gasteiger partial charge in [-0.3, -0.25) is 4.57 Å². The minimum Gasteiger partial charge on any atom is -0.277 e. The highest BCUT2D eigenvalue weighted by Crippen LogP contribution is 2.19. The normalized spacial score (nSPS) is 11.2. The fraction of sp³-hybridized carbons (Fsp3) is 0.143. The second kappa shape index (κ2) is 5.05. The van der Waals surface area contributed by atoms with Crippen LogP contribution in [0.1, 0.15) is 12.5 Å². The van der Waals surface area contributed by atoms with E-state index in [9.17, 15) is 4.57 Å². The van der Waals surface area contributed by atoms with Crippen LogP contribution in [0, 0.1) is 0 Å². The summed E-state index contributed by atoms with van der Waals surface area (Å²) in [7, 11) is -1.44. The Balaban J connectivity index is 2.28. The minimum atomic E-state index is -1.44. The van der Waals surface area contributed by atoms with Crippen LogP contribution in [0.15, 0.2) is 54.6 Å². The molecule has 1 nitrogen and oxygen atoms in total. The Labute approximate surface area is 96.9 Å². The molecule has 0 saturated heterocycles. The Hall–Kier alpha value is -1.46. The Morgan fingerprint density at radius 2 is 1.44 bits per heavy atom. The van der Waals surface area contributed by atoms with Crippen LogP contribution in [0.4, 0.5) is 0 Å². The van der Waals surface area contributed by atoms with Gasteiger partial charge in [-0.1, -0.05) is 37.3 Å². The first-order valence-electron chi connectivity index (χ1n) is 5.42. The zero-order valence-corrected chi connectivity index (χ0v) is 10.2. The van der Waals surface area contributed by atoms with Gasteiger partial charge in [-0.15, -0.1) is 0 Å². The van der Waals surface area contributed by atoms with Gasteiger partial charge in [-0.2, -0.15) is 0 Å². The van der Waals surface area contributed by atoms with Gasteiger partial charge in [0.2, 0.25) is 0 Å². The van der Waals surface area contributed by atoms with Crippen LogP contribution in [0.3, 0.4) is 0 Å². The lowest BCUT2D eigenvalue weighted by molar-refractivity contribution is 0.598. The standard InChI is InChI=1S/C14H14OP/c1-2-12-8-10-14(11-9-12)16(15)13-6-4-3-5-7-13/h3-11H,2H2,1H3. The van der Waals surface area contributed by atoms with Gasteiger partial charge in [0, 0.05) is 10.6 Å². The quantitative estimate of drug-likeness (QED) is 0.739. The maximum atomic E-state index is 12.2. The molecule has 0 aromatic heterocycles. The maximum absolute atomic E-state index is 12.2. The van der Waals surface area contributed by atoms with Crippen LogP contribution in [0.5, 0.6) is 0 Å². The Morgan fingerprint density at radius 1 is 0.875 bits per heavy atom. The Kier molecular flexibility index (Phi) is 3.48. The second-order valence-electron chi connectivity index (χ2n) is 3.65. The van der Waals surface area contributed by atoms with Crippen LogP contribution >= 0.6 is 7.80 Å². The van der Waals surface area contributed by atoms with E-state index in [0.717, 1.165) is 17.0 Å². The lowest BCUT2D eigenvalue weighted by Crippen LogP contribution is -2.05. The van der Waals surface area contributed by atoms with Crippen molar-refractivity contribution in [2.24, 2.45) is 0 Å². The lowest BCUT2D eigenvalue weighted by Gasteiger charge is -2.02. The molecular formula is C14H14OP. The molecule has 0 amide bonds. The molecule has 0 heterocycles. The zero-order chi connectivity index (χ0) is 11.4. The van der Waals surface area contributed by atoms with Gasteiger partial charge in [0.05, 0.1) is 0 Å². The fourth-order valence-corrected chi connectivity index (χ4v) is 2.74. The molecule has 0 aliphatic rings. The van der Waals surface area contributed by atoms with E-state index in [1.807, 2.05) is 54.6 Å². The average Bonchev–Trinajstić information content (AvgIpc) is 2.39. The van der Waals surface area contributed by atoms with Gasteiger partial charge in [0.1, 0.15) is 7.80 Å². The molecule has 16 heavy (non-hydrogen) atoms. The van der Waals surface area contributed by atoms with E-state index in [1.54, 1.807) is 0 Å². The van der Waals surface area contributed by atoms with Crippen molar-refractivity contribution in [3.63, 3.8) is 0 Å². The molecule has 1 atom stereocenters. The molecule has 1 unspecified atom stereocenters. The first kappa shape index (κ1) is 11.0. The van der Waals surface area contributed by atoms with Gasteiger partial charge < -0.3 is 0 Å². The van der Waals surface area contributed by atoms with Gasteiger partial charge in [0.25, 0.3) is 0 Å². The summed E-state index contributed by atoms with van der Waals surface area (Å²) in [5, 5.41) is 1.79. The van der Waals surface area contributed by atoms with Crippen molar-refractivity contribution in [3.05, 3.63) is 60.2 Å². The first-order valence-corrected chi connectivity index (χ1v) is 6.68. The predicted octanol–water partition coefficient (Wildman–Crippen LogP) is 3.03. The molecular weight excluding hydrogens is 215 g/mol. The SMILES string of the molecule is CCc1ccc([P](=O)c2ccccc2)cc1. The van der Waals surface area contributed by atoms with Crippen molar-refractivity contribution < 1.29 is 4.57 Å². The van der Waals surface area contributed by atoms with Crippen molar-refractivity contribution in [1.82, 2.24) is 0 Å². The summed E-state index contributed by atoms with van der Waals surface area (Å²) < 4.78 is 12.2. The van der Waals surface area contributed by atoms with E-state index in [4.69, 9.17) is 0 Å². The molecule has 0 fully saturated rings. The smallest absolute Gasteiger partial charge is 0.136 e. The summed E-state index contributed by atoms with van der Waals surface area (Å²) in [4.78, 5) is 0.